The summed E-state index contributed by atoms with van der Waals surface area (Å²) in [5.74, 6) is -0.327. The number of aryl methyl sites for hydroxylation is 1. The van der Waals surface area contributed by atoms with Crippen molar-refractivity contribution >= 4 is 17.5 Å². The molecule has 0 atom stereocenters. The topological polar surface area (TPSA) is 88.3 Å². The molecule has 3 rings (SSSR count). The fraction of sp³-hybridized carbons (Fsp3) is 0.316. The summed E-state index contributed by atoms with van der Waals surface area (Å²) in [4.78, 5) is 31.1. The van der Waals surface area contributed by atoms with Crippen LogP contribution in [0.5, 0.6) is 0 Å². The Morgan fingerprint density at radius 1 is 1.16 bits per heavy atom. The number of aromatic nitrogens is 1. The number of nitrogens with zero attached hydrogens (tertiary/aromatic N) is 2. The van der Waals surface area contributed by atoms with Crippen LogP contribution in [-0.4, -0.2) is 40.8 Å². The number of benzene rings is 1. The van der Waals surface area contributed by atoms with Gasteiger partial charge in [-0.2, -0.15) is 0 Å². The summed E-state index contributed by atoms with van der Waals surface area (Å²) in [7, 11) is 0. The second-order valence-electron chi connectivity index (χ2n) is 6.32. The van der Waals surface area contributed by atoms with Gasteiger partial charge in [0.2, 0.25) is 0 Å². The number of para-hydroxylation sites is 1. The third-order valence-electron chi connectivity index (χ3n) is 4.51. The highest BCUT2D eigenvalue weighted by Gasteiger charge is 2.24. The highest BCUT2D eigenvalue weighted by Crippen LogP contribution is 2.24. The smallest absolute Gasteiger partial charge is 0.255 e. The highest BCUT2D eigenvalue weighted by atomic mass is 16.2. The number of nitrogens with one attached hydrogen (secondary N) is 1. The van der Waals surface area contributed by atoms with Crippen molar-refractivity contribution in [1.29, 1.82) is 0 Å². The quantitative estimate of drug-likeness (QED) is 0.898. The molecule has 0 bridgehead atoms. The van der Waals surface area contributed by atoms with Gasteiger partial charge >= 0.3 is 0 Å². The van der Waals surface area contributed by atoms with Crippen molar-refractivity contribution in [3.05, 3.63) is 59.4 Å². The molecule has 0 unspecified atom stereocenters. The van der Waals surface area contributed by atoms with Crippen molar-refractivity contribution in [2.45, 2.75) is 25.8 Å². The molecule has 1 aromatic carbocycles. The molecule has 25 heavy (non-hydrogen) atoms. The lowest BCUT2D eigenvalue weighted by molar-refractivity contribution is 0.0715. The van der Waals surface area contributed by atoms with Gasteiger partial charge in [0.15, 0.2) is 0 Å². The van der Waals surface area contributed by atoms with Crippen molar-refractivity contribution < 1.29 is 9.59 Å². The Kier molecular flexibility index (Phi) is 5.09. The van der Waals surface area contributed by atoms with Crippen LogP contribution in [0, 0.1) is 6.92 Å². The van der Waals surface area contributed by atoms with Crippen molar-refractivity contribution in [1.82, 2.24) is 9.88 Å². The van der Waals surface area contributed by atoms with Crippen LogP contribution in [0.1, 0.15) is 39.1 Å². The van der Waals surface area contributed by atoms with Gasteiger partial charge in [0, 0.05) is 37.1 Å². The van der Waals surface area contributed by atoms with Gasteiger partial charge in [-0.05, 0) is 43.5 Å². The molecule has 2 heterocycles. The van der Waals surface area contributed by atoms with Crippen molar-refractivity contribution in [3.8, 4) is 0 Å². The summed E-state index contributed by atoms with van der Waals surface area (Å²) in [6.45, 7) is 3.17. The molecule has 0 spiro atoms. The number of hydrogen-bond acceptors (Lipinski definition) is 4. The average Bonchev–Trinajstić information content (AvgIpc) is 2.64. The fourth-order valence-corrected chi connectivity index (χ4v) is 2.97. The monoisotopic (exact) mass is 338 g/mol. The van der Waals surface area contributed by atoms with Gasteiger partial charge in [0.25, 0.3) is 11.8 Å². The number of rotatable bonds is 3. The number of likely N-dealkylation sites (tertiary alicyclic amines) is 1. The Hall–Kier alpha value is -2.73. The summed E-state index contributed by atoms with van der Waals surface area (Å²) < 4.78 is 0. The lowest BCUT2D eigenvalue weighted by Gasteiger charge is -2.31. The predicted octanol–water partition coefficient (Wildman–Crippen LogP) is 2.21. The van der Waals surface area contributed by atoms with Crippen LogP contribution in [0.3, 0.4) is 0 Å². The first-order chi connectivity index (χ1) is 12.1. The maximum Gasteiger partial charge on any atom is 0.255 e. The van der Waals surface area contributed by atoms with Crippen LogP contribution in [0.25, 0.3) is 0 Å². The van der Waals surface area contributed by atoms with E-state index in [1.54, 1.807) is 35.5 Å². The first-order valence-electron chi connectivity index (χ1n) is 8.42. The van der Waals surface area contributed by atoms with E-state index in [1.165, 1.54) is 0 Å². The minimum Gasteiger partial charge on any atom is -0.338 e. The number of carbonyl (C=O) groups excluding carboxylic acids is 2. The second-order valence-corrected chi connectivity index (χ2v) is 6.32. The first kappa shape index (κ1) is 17.1. The zero-order chi connectivity index (χ0) is 17.8. The zero-order valence-corrected chi connectivity index (χ0v) is 14.2. The lowest BCUT2D eigenvalue weighted by atomic mass is 10.0. The highest BCUT2D eigenvalue weighted by molar-refractivity contribution is 6.09. The van der Waals surface area contributed by atoms with Crippen LogP contribution in [0.4, 0.5) is 5.69 Å². The summed E-state index contributed by atoms with van der Waals surface area (Å²) >= 11 is 0. The van der Waals surface area contributed by atoms with E-state index >= 15 is 0 Å². The fourth-order valence-electron chi connectivity index (χ4n) is 2.97. The number of hydrogen-bond donors (Lipinski definition) is 2. The molecule has 2 aromatic rings. The maximum absolute atomic E-state index is 12.9. The Morgan fingerprint density at radius 3 is 2.52 bits per heavy atom. The molecule has 130 valence electrons. The van der Waals surface area contributed by atoms with E-state index in [9.17, 15) is 9.59 Å². The molecular weight excluding hydrogens is 316 g/mol. The van der Waals surface area contributed by atoms with Gasteiger partial charge in [-0.1, -0.05) is 12.1 Å². The first-order valence-corrected chi connectivity index (χ1v) is 8.42. The predicted molar refractivity (Wildman–Crippen MR) is 96.5 cm³/mol. The summed E-state index contributed by atoms with van der Waals surface area (Å²) in [5.41, 5.74) is 8.34. The Balaban J connectivity index is 1.85. The molecule has 1 aliphatic rings. The Labute approximate surface area is 147 Å². The molecule has 6 heteroatoms. The van der Waals surface area contributed by atoms with Crippen LogP contribution in [0.15, 0.2) is 42.7 Å². The van der Waals surface area contributed by atoms with E-state index in [2.05, 4.69) is 10.3 Å². The molecule has 2 amide bonds. The van der Waals surface area contributed by atoms with Crippen LogP contribution in [0.2, 0.25) is 0 Å². The van der Waals surface area contributed by atoms with Crippen LogP contribution >= 0.6 is 0 Å². The third kappa shape index (κ3) is 3.85. The molecule has 1 fully saturated rings. The van der Waals surface area contributed by atoms with Gasteiger partial charge in [-0.15, -0.1) is 0 Å². The molecular formula is C19H22N4O2. The summed E-state index contributed by atoms with van der Waals surface area (Å²) in [6, 6.07) is 8.91. The normalized spacial score (nSPS) is 15.0. The van der Waals surface area contributed by atoms with Crippen molar-refractivity contribution in [2.75, 3.05) is 18.4 Å². The van der Waals surface area contributed by atoms with E-state index < -0.39 is 0 Å². The summed E-state index contributed by atoms with van der Waals surface area (Å²) in [5, 5.41) is 2.88. The van der Waals surface area contributed by atoms with Gasteiger partial charge < -0.3 is 16.0 Å². The van der Waals surface area contributed by atoms with Gasteiger partial charge in [0.1, 0.15) is 0 Å². The maximum atomic E-state index is 12.9. The number of amides is 2. The standard InChI is InChI=1S/C19H22N4O2/c1-13-3-2-4-16(19(25)23-11-7-15(20)8-12-23)17(13)22-18(24)14-5-9-21-10-6-14/h2-6,9-10,15H,7-8,11-12,20H2,1H3,(H,22,24). The molecule has 3 N–H and O–H groups in total. The van der Waals surface area contributed by atoms with Crippen molar-refractivity contribution in [2.24, 2.45) is 5.73 Å². The second kappa shape index (κ2) is 7.44. The number of piperidine rings is 1. The molecule has 1 aliphatic heterocycles. The SMILES string of the molecule is Cc1cccc(C(=O)N2CCC(N)CC2)c1NC(=O)c1ccncc1. The average molecular weight is 338 g/mol. The van der Waals surface area contributed by atoms with Gasteiger partial charge in [0.05, 0.1) is 11.3 Å². The lowest BCUT2D eigenvalue weighted by Crippen LogP contribution is -2.43. The molecule has 0 radical (unpaired) electrons. The number of pyridine rings is 1. The summed E-state index contributed by atoms with van der Waals surface area (Å²) in [6.07, 6.45) is 4.73. The Bertz CT molecular complexity index is 768. The number of carbonyl (C=O) groups is 2. The van der Waals surface area contributed by atoms with E-state index in [1.807, 2.05) is 19.1 Å². The van der Waals surface area contributed by atoms with E-state index in [4.69, 9.17) is 5.73 Å². The van der Waals surface area contributed by atoms with Crippen LogP contribution < -0.4 is 11.1 Å². The minimum atomic E-state index is -0.258. The molecule has 0 aliphatic carbocycles. The number of nitrogens with two attached hydrogens (primary N) is 1. The minimum absolute atomic E-state index is 0.0689. The number of anilines is 1. The van der Waals surface area contributed by atoms with Gasteiger partial charge in [-0.25, -0.2) is 0 Å². The van der Waals surface area contributed by atoms with E-state index in [-0.39, 0.29) is 17.9 Å². The van der Waals surface area contributed by atoms with Crippen molar-refractivity contribution in [3.63, 3.8) is 0 Å². The zero-order valence-electron chi connectivity index (χ0n) is 14.2. The molecule has 1 saturated heterocycles. The van der Waals surface area contributed by atoms with E-state index in [0.717, 1.165) is 18.4 Å². The largest absolute Gasteiger partial charge is 0.338 e. The van der Waals surface area contributed by atoms with E-state index in [0.29, 0.717) is 29.9 Å². The third-order valence-corrected chi connectivity index (χ3v) is 4.51. The molecule has 6 nitrogen and oxygen atoms in total. The molecule has 0 saturated carbocycles. The Morgan fingerprint density at radius 2 is 1.84 bits per heavy atom. The van der Waals surface area contributed by atoms with Crippen LogP contribution in [-0.2, 0) is 0 Å². The van der Waals surface area contributed by atoms with Gasteiger partial charge in [-0.3, -0.25) is 14.6 Å². The molecule has 1 aromatic heterocycles.